The van der Waals surface area contributed by atoms with Crippen LogP contribution in [-0.4, -0.2) is 13.2 Å². The maximum atomic E-state index is 5.74. The molecule has 21 heavy (non-hydrogen) atoms. The van der Waals surface area contributed by atoms with Gasteiger partial charge >= 0.3 is 0 Å². The molecule has 0 saturated heterocycles. The SMILES string of the molecule is C=CCC(C)(CCCCCCC)CCCOCCCCC. The molecule has 0 aliphatic heterocycles. The molecular weight excluding hydrogens is 256 g/mol. The van der Waals surface area contributed by atoms with E-state index < -0.39 is 0 Å². The van der Waals surface area contributed by atoms with Crippen molar-refractivity contribution < 1.29 is 4.74 Å². The van der Waals surface area contributed by atoms with Gasteiger partial charge < -0.3 is 4.74 Å². The molecule has 0 saturated carbocycles. The predicted molar refractivity (Wildman–Crippen MR) is 95.9 cm³/mol. The first kappa shape index (κ1) is 20.7. The van der Waals surface area contributed by atoms with Crippen LogP contribution in [-0.2, 0) is 4.74 Å². The molecule has 0 aromatic carbocycles. The number of ether oxygens (including phenoxy) is 1. The summed E-state index contributed by atoms with van der Waals surface area (Å²) >= 11 is 0. The predicted octanol–water partition coefficient (Wildman–Crippen LogP) is 6.92. The first-order valence-electron chi connectivity index (χ1n) is 9.37. The van der Waals surface area contributed by atoms with Crippen molar-refractivity contribution in [3.8, 4) is 0 Å². The molecule has 0 aliphatic rings. The maximum absolute atomic E-state index is 5.74. The van der Waals surface area contributed by atoms with Crippen LogP contribution in [0.5, 0.6) is 0 Å². The van der Waals surface area contributed by atoms with E-state index in [0.717, 1.165) is 19.6 Å². The lowest BCUT2D eigenvalue weighted by molar-refractivity contribution is 0.113. The number of rotatable bonds is 16. The Morgan fingerprint density at radius 1 is 0.810 bits per heavy atom. The third-order valence-electron chi connectivity index (χ3n) is 4.48. The third-order valence-corrected chi connectivity index (χ3v) is 4.48. The first-order valence-corrected chi connectivity index (χ1v) is 9.37. The fourth-order valence-corrected chi connectivity index (χ4v) is 2.99. The van der Waals surface area contributed by atoms with Gasteiger partial charge in [0.05, 0.1) is 0 Å². The van der Waals surface area contributed by atoms with Crippen LogP contribution in [0.4, 0.5) is 0 Å². The monoisotopic (exact) mass is 296 g/mol. The van der Waals surface area contributed by atoms with Crippen molar-refractivity contribution in [2.75, 3.05) is 13.2 Å². The van der Waals surface area contributed by atoms with Crippen LogP contribution in [0.2, 0.25) is 0 Å². The highest BCUT2D eigenvalue weighted by molar-refractivity contribution is 4.83. The molecule has 0 aromatic rings. The fraction of sp³-hybridized carbons (Fsp3) is 0.900. The summed E-state index contributed by atoms with van der Waals surface area (Å²) in [5.41, 5.74) is 0.445. The molecular formula is C20H40O. The molecule has 0 aliphatic carbocycles. The van der Waals surface area contributed by atoms with Gasteiger partial charge in [-0.2, -0.15) is 0 Å². The third kappa shape index (κ3) is 13.1. The molecule has 0 aromatic heterocycles. The Labute approximate surface area is 134 Å². The topological polar surface area (TPSA) is 9.23 Å². The van der Waals surface area contributed by atoms with Gasteiger partial charge in [0.2, 0.25) is 0 Å². The summed E-state index contributed by atoms with van der Waals surface area (Å²) < 4.78 is 5.74. The van der Waals surface area contributed by atoms with Crippen LogP contribution >= 0.6 is 0 Å². The lowest BCUT2D eigenvalue weighted by Gasteiger charge is -2.28. The van der Waals surface area contributed by atoms with Gasteiger partial charge in [-0.25, -0.2) is 0 Å². The Kier molecular flexibility index (Phi) is 14.4. The van der Waals surface area contributed by atoms with E-state index in [1.165, 1.54) is 70.6 Å². The molecule has 0 bridgehead atoms. The summed E-state index contributed by atoms with van der Waals surface area (Å²) in [7, 11) is 0. The molecule has 1 atom stereocenters. The van der Waals surface area contributed by atoms with E-state index in [0.29, 0.717) is 5.41 Å². The summed E-state index contributed by atoms with van der Waals surface area (Å²) in [5, 5.41) is 0. The number of hydrogen-bond acceptors (Lipinski definition) is 1. The summed E-state index contributed by atoms with van der Waals surface area (Å²) in [6.45, 7) is 12.8. The van der Waals surface area contributed by atoms with Crippen LogP contribution < -0.4 is 0 Å². The lowest BCUT2D eigenvalue weighted by atomic mass is 9.77. The van der Waals surface area contributed by atoms with Gasteiger partial charge in [-0.15, -0.1) is 6.58 Å². The van der Waals surface area contributed by atoms with Crippen molar-refractivity contribution in [1.29, 1.82) is 0 Å². The minimum absolute atomic E-state index is 0.445. The molecule has 1 heteroatoms. The summed E-state index contributed by atoms with van der Waals surface area (Å²) in [5.74, 6) is 0. The molecule has 0 spiro atoms. The molecule has 0 radical (unpaired) electrons. The van der Waals surface area contributed by atoms with Crippen molar-refractivity contribution in [1.82, 2.24) is 0 Å². The molecule has 1 nitrogen and oxygen atoms in total. The smallest absolute Gasteiger partial charge is 0.0466 e. The van der Waals surface area contributed by atoms with Crippen LogP contribution in [0.1, 0.15) is 97.8 Å². The van der Waals surface area contributed by atoms with E-state index in [2.05, 4.69) is 33.4 Å². The minimum Gasteiger partial charge on any atom is -0.381 e. The molecule has 126 valence electrons. The van der Waals surface area contributed by atoms with Crippen molar-refractivity contribution in [2.45, 2.75) is 97.8 Å². The summed E-state index contributed by atoms with van der Waals surface area (Å²) in [4.78, 5) is 0. The number of allylic oxidation sites excluding steroid dienone is 1. The summed E-state index contributed by atoms with van der Waals surface area (Å²) in [6, 6.07) is 0. The fourth-order valence-electron chi connectivity index (χ4n) is 2.99. The highest BCUT2D eigenvalue weighted by atomic mass is 16.5. The highest BCUT2D eigenvalue weighted by Gasteiger charge is 2.21. The Bertz CT molecular complexity index is 224. The molecule has 0 N–H and O–H groups in total. The van der Waals surface area contributed by atoms with Crippen molar-refractivity contribution in [3.05, 3.63) is 12.7 Å². The molecule has 0 fully saturated rings. The Hall–Kier alpha value is -0.300. The quantitative estimate of drug-likeness (QED) is 0.222. The zero-order chi connectivity index (χ0) is 15.8. The molecule has 1 unspecified atom stereocenters. The average Bonchev–Trinajstić information content (AvgIpc) is 2.46. The van der Waals surface area contributed by atoms with Crippen LogP contribution in [0, 0.1) is 5.41 Å². The number of unbranched alkanes of at least 4 members (excludes halogenated alkanes) is 6. The van der Waals surface area contributed by atoms with Gasteiger partial charge in [0.1, 0.15) is 0 Å². The van der Waals surface area contributed by atoms with Gasteiger partial charge in [-0.05, 0) is 37.5 Å². The van der Waals surface area contributed by atoms with Gasteiger partial charge in [0.15, 0.2) is 0 Å². The van der Waals surface area contributed by atoms with Crippen LogP contribution in [0.3, 0.4) is 0 Å². The van der Waals surface area contributed by atoms with Gasteiger partial charge in [-0.3, -0.25) is 0 Å². The Balaban J connectivity index is 3.74. The van der Waals surface area contributed by atoms with E-state index in [1.54, 1.807) is 0 Å². The molecule has 0 amide bonds. The largest absolute Gasteiger partial charge is 0.381 e. The normalized spacial score (nSPS) is 14.0. The summed E-state index contributed by atoms with van der Waals surface area (Å²) in [6.07, 6.45) is 17.8. The van der Waals surface area contributed by atoms with E-state index in [9.17, 15) is 0 Å². The zero-order valence-electron chi connectivity index (χ0n) is 15.1. The van der Waals surface area contributed by atoms with Gasteiger partial charge in [-0.1, -0.05) is 71.8 Å². The molecule has 0 heterocycles. The number of hydrogen-bond donors (Lipinski definition) is 0. The second kappa shape index (κ2) is 14.6. The van der Waals surface area contributed by atoms with E-state index in [4.69, 9.17) is 4.74 Å². The van der Waals surface area contributed by atoms with Crippen molar-refractivity contribution >= 4 is 0 Å². The van der Waals surface area contributed by atoms with E-state index >= 15 is 0 Å². The second-order valence-corrected chi connectivity index (χ2v) is 6.89. The minimum atomic E-state index is 0.445. The van der Waals surface area contributed by atoms with Gasteiger partial charge in [0, 0.05) is 13.2 Å². The average molecular weight is 297 g/mol. The highest BCUT2D eigenvalue weighted by Crippen LogP contribution is 2.34. The Morgan fingerprint density at radius 2 is 1.38 bits per heavy atom. The maximum Gasteiger partial charge on any atom is 0.0466 e. The van der Waals surface area contributed by atoms with Crippen LogP contribution in [0.25, 0.3) is 0 Å². The van der Waals surface area contributed by atoms with Crippen molar-refractivity contribution in [3.63, 3.8) is 0 Å². The second-order valence-electron chi connectivity index (χ2n) is 6.89. The first-order chi connectivity index (χ1) is 10.2. The Morgan fingerprint density at radius 3 is 2.05 bits per heavy atom. The van der Waals surface area contributed by atoms with E-state index in [-0.39, 0.29) is 0 Å². The lowest BCUT2D eigenvalue weighted by Crippen LogP contribution is -2.16. The van der Waals surface area contributed by atoms with E-state index in [1.807, 2.05) is 0 Å². The van der Waals surface area contributed by atoms with Gasteiger partial charge in [0.25, 0.3) is 0 Å². The zero-order valence-corrected chi connectivity index (χ0v) is 15.1. The van der Waals surface area contributed by atoms with Crippen LogP contribution in [0.15, 0.2) is 12.7 Å². The van der Waals surface area contributed by atoms with Crippen molar-refractivity contribution in [2.24, 2.45) is 5.41 Å². The standard InChI is InChI=1S/C20H40O/c1-5-8-10-11-12-16-20(4,15-7-3)17-14-19-21-18-13-9-6-2/h7H,3,5-6,8-19H2,1-2,4H3. The molecule has 0 rings (SSSR count).